The van der Waals surface area contributed by atoms with Crippen molar-refractivity contribution in [3.8, 4) is 0 Å². The molecular formula is C18H22F2N4O2S. The number of rotatable bonds is 3. The number of benzene rings is 1. The van der Waals surface area contributed by atoms with Crippen LogP contribution < -0.4 is 0 Å². The highest BCUT2D eigenvalue weighted by molar-refractivity contribution is 7.89. The number of hydrogen-bond donors (Lipinski definition) is 0. The van der Waals surface area contributed by atoms with Gasteiger partial charge in [-0.25, -0.2) is 17.2 Å². The van der Waals surface area contributed by atoms with Crippen LogP contribution in [0.25, 0.3) is 0 Å². The summed E-state index contributed by atoms with van der Waals surface area (Å²) in [5, 5.41) is 8.62. The molecule has 1 unspecified atom stereocenters. The van der Waals surface area contributed by atoms with Crippen LogP contribution in [0, 0.1) is 11.6 Å². The third-order valence-corrected chi connectivity index (χ3v) is 7.32. The molecule has 0 amide bonds. The van der Waals surface area contributed by atoms with Crippen molar-refractivity contribution < 1.29 is 17.2 Å². The van der Waals surface area contributed by atoms with Crippen molar-refractivity contribution in [3.05, 3.63) is 41.5 Å². The molecule has 0 spiro atoms. The van der Waals surface area contributed by atoms with Crippen LogP contribution in [0.3, 0.4) is 0 Å². The molecule has 1 atom stereocenters. The van der Waals surface area contributed by atoms with E-state index in [1.165, 1.54) is 4.31 Å². The average Bonchev–Trinajstić information content (AvgIpc) is 2.90. The van der Waals surface area contributed by atoms with Gasteiger partial charge in [-0.05, 0) is 37.8 Å². The maximum absolute atomic E-state index is 14.1. The van der Waals surface area contributed by atoms with Gasteiger partial charge in [0.2, 0.25) is 10.0 Å². The zero-order valence-electron chi connectivity index (χ0n) is 14.9. The lowest BCUT2D eigenvalue weighted by atomic mass is 9.99. The quantitative estimate of drug-likeness (QED) is 0.800. The van der Waals surface area contributed by atoms with Crippen molar-refractivity contribution in [3.63, 3.8) is 0 Å². The Morgan fingerprint density at radius 1 is 1.00 bits per heavy atom. The van der Waals surface area contributed by atoms with Crippen LogP contribution in [0.2, 0.25) is 0 Å². The molecule has 0 aliphatic carbocycles. The molecule has 0 N–H and O–H groups in total. The zero-order valence-corrected chi connectivity index (χ0v) is 15.8. The minimum absolute atomic E-state index is 0.122. The van der Waals surface area contributed by atoms with Gasteiger partial charge in [0.05, 0.1) is 0 Å². The Balaban J connectivity index is 1.63. The van der Waals surface area contributed by atoms with Crippen molar-refractivity contribution in [1.82, 2.24) is 19.1 Å². The zero-order chi connectivity index (χ0) is 19.0. The predicted octanol–water partition coefficient (Wildman–Crippen LogP) is 2.85. The fraction of sp³-hybridized carbons (Fsp3) is 0.556. The summed E-state index contributed by atoms with van der Waals surface area (Å²) in [6.45, 7) is 1.24. The van der Waals surface area contributed by atoms with Gasteiger partial charge in [0.15, 0.2) is 4.90 Å². The number of hydrogen-bond acceptors (Lipinski definition) is 4. The predicted molar refractivity (Wildman–Crippen MR) is 94.7 cm³/mol. The van der Waals surface area contributed by atoms with E-state index in [9.17, 15) is 17.2 Å². The topological polar surface area (TPSA) is 68.1 Å². The molecule has 1 fully saturated rings. The molecule has 2 aliphatic rings. The van der Waals surface area contributed by atoms with Crippen LogP contribution in [0.1, 0.15) is 49.7 Å². The molecule has 0 radical (unpaired) electrons. The van der Waals surface area contributed by atoms with E-state index < -0.39 is 26.6 Å². The summed E-state index contributed by atoms with van der Waals surface area (Å²) in [7, 11) is -4.25. The number of piperidine rings is 1. The van der Waals surface area contributed by atoms with Crippen LogP contribution in [-0.4, -0.2) is 40.6 Å². The van der Waals surface area contributed by atoms with E-state index in [0.29, 0.717) is 6.42 Å². The number of sulfonamides is 1. The van der Waals surface area contributed by atoms with E-state index >= 15 is 0 Å². The molecule has 0 saturated carbocycles. The first-order chi connectivity index (χ1) is 13.0. The van der Waals surface area contributed by atoms with Crippen molar-refractivity contribution in [2.45, 2.75) is 55.9 Å². The number of aromatic nitrogens is 3. The lowest BCUT2D eigenvalue weighted by molar-refractivity contribution is 0.301. The molecule has 0 bridgehead atoms. The van der Waals surface area contributed by atoms with Gasteiger partial charge in [-0.3, -0.25) is 0 Å². The largest absolute Gasteiger partial charge is 0.315 e. The molecule has 6 nitrogen and oxygen atoms in total. The standard InChI is InChI=1S/C18H22F2N4O2S/c19-14-7-4-8-15(20)17(14)27(25,26)23-10-5-6-13(12-23)18-22-21-16-9-2-1-3-11-24(16)18/h4,7-8,13H,1-3,5-6,9-12H2. The van der Waals surface area contributed by atoms with E-state index in [1.807, 2.05) is 0 Å². The van der Waals surface area contributed by atoms with Crippen LogP contribution >= 0.6 is 0 Å². The summed E-state index contributed by atoms with van der Waals surface area (Å²) in [5.41, 5.74) is 0. The highest BCUT2D eigenvalue weighted by Crippen LogP contribution is 2.32. The molecule has 9 heteroatoms. The second kappa shape index (κ2) is 7.27. The number of halogens is 2. The Labute approximate surface area is 157 Å². The Morgan fingerprint density at radius 2 is 1.78 bits per heavy atom. The molecule has 4 rings (SSSR count). The first-order valence-electron chi connectivity index (χ1n) is 9.34. The van der Waals surface area contributed by atoms with Gasteiger partial charge in [-0.1, -0.05) is 12.5 Å². The van der Waals surface area contributed by atoms with Gasteiger partial charge in [0.1, 0.15) is 23.3 Å². The minimum atomic E-state index is -4.25. The summed E-state index contributed by atoms with van der Waals surface area (Å²) >= 11 is 0. The number of aryl methyl sites for hydroxylation is 1. The van der Waals surface area contributed by atoms with Gasteiger partial charge in [0.25, 0.3) is 0 Å². The highest BCUT2D eigenvalue weighted by Gasteiger charge is 2.36. The molecule has 146 valence electrons. The fourth-order valence-corrected chi connectivity index (χ4v) is 5.67. The van der Waals surface area contributed by atoms with Gasteiger partial charge in [-0.2, -0.15) is 4.31 Å². The summed E-state index contributed by atoms with van der Waals surface area (Å²) < 4.78 is 57.2. The first kappa shape index (κ1) is 18.5. The summed E-state index contributed by atoms with van der Waals surface area (Å²) in [6, 6.07) is 3.10. The summed E-state index contributed by atoms with van der Waals surface area (Å²) in [5.74, 6) is -0.506. The van der Waals surface area contributed by atoms with Crippen molar-refractivity contribution in [2.75, 3.05) is 13.1 Å². The molecule has 2 aromatic rings. The normalized spacial score (nSPS) is 21.6. The molecule has 1 aromatic carbocycles. The second-order valence-electron chi connectivity index (χ2n) is 7.19. The Kier molecular flexibility index (Phi) is 4.98. The smallest absolute Gasteiger partial charge is 0.248 e. The van der Waals surface area contributed by atoms with Crippen molar-refractivity contribution in [2.24, 2.45) is 0 Å². The molecule has 1 aromatic heterocycles. The van der Waals surface area contributed by atoms with Gasteiger partial charge in [-0.15, -0.1) is 10.2 Å². The number of nitrogens with zero attached hydrogens (tertiary/aromatic N) is 4. The number of fused-ring (bicyclic) bond motifs is 1. The van der Waals surface area contributed by atoms with Crippen LogP contribution in [0.5, 0.6) is 0 Å². The SMILES string of the molecule is O=S(=O)(c1c(F)cccc1F)N1CCCC(c2nnc3n2CCCCC3)C1. The first-order valence-corrected chi connectivity index (χ1v) is 10.8. The average molecular weight is 396 g/mol. The second-order valence-corrected chi connectivity index (χ2v) is 9.06. The summed E-state index contributed by atoms with van der Waals surface area (Å²) in [6.07, 6.45) is 5.54. The van der Waals surface area contributed by atoms with Crippen LogP contribution in [0.4, 0.5) is 8.78 Å². The van der Waals surface area contributed by atoms with E-state index in [2.05, 4.69) is 14.8 Å². The Hall–Kier alpha value is -1.87. The maximum Gasteiger partial charge on any atom is 0.248 e. The van der Waals surface area contributed by atoms with Gasteiger partial charge in [0, 0.05) is 32.0 Å². The van der Waals surface area contributed by atoms with E-state index in [0.717, 1.165) is 68.5 Å². The third-order valence-electron chi connectivity index (χ3n) is 5.40. The minimum Gasteiger partial charge on any atom is -0.315 e. The fourth-order valence-electron chi connectivity index (χ4n) is 4.04. The Morgan fingerprint density at radius 3 is 2.56 bits per heavy atom. The van der Waals surface area contributed by atoms with Crippen LogP contribution in [-0.2, 0) is 23.0 Å². The Bertz CT molecular complexity index is 925. The van der Waals surface area contributed by atoms with Gasteiger partial charge < -0.3 is 4.57 Å². The lowest BCUT2D eigenvalue weighted by Crippen LogP contribution is -2.40. The van der Waals surface area contributed by atoms with Crippen molar-refractivity contribution in [1.29, 1.82) is 0 Å². The molecule has 1 saturated heterocycles. The maximum atomic E-state index is 14.1. The van der Waals surface area contributed by atoms with Gasteiger partial charge >= 0.3 is 0 Å². The highest BCUT2D eigenvalue weighted by atomic mass is 32.2. The van der Waals surface area contributed by atoms with Crippen LogP contribution in [0.15, 0.2) is 23.1 Å². The van der Waals surface area contributed by atoms with E-state index in [4.69, 9.17) is 0 Å². The lowest BCUT2D eigenvalue weighted by Gasteiger charge is -2.31. The molecule has 3 heterocycles. The monoisotopic (exact) mass is 396 g/mol. The summed E-state index contributed by atoms with van der Waals surface area (Å²) in [4.78, 5) is -0.870. The van der Waals surface area contributed by atoms with E-state index in [-0.39, 0.29) is 19.0 Å². The third kappa shape index (κ3) is 3.38. The molecule has 2 aliphatic heterocycles. The van der Waals surface area contributed by atoms with E-state index in [1.54, 1.807) is 0 Å². The van der Waals surface area contributed by atoms with Crippen molar-refractivity contribution >= 4 is 10.0 Å². The molecule has 27 heavy (non-hydrogen) atoms. The molecular weight excluding hydrogens is 374 g/mol.